The van der Waals surface area contributed by atoms with Crippen molar-refractivity contribution in [2.45, 2.75) is 31.6 Å². The maximum atomic E-state index is 12.9. The Morgan fingerprint density at radius 2 is 1.92 bits per heavy atom. The SMILES string of the molecule is CN(C)CCNC(=O)C(c1ccc2c(c1)OCCO2)C1CCCC1. The molecule has 1 aromatic rings. The van der Waals surface area contributed by atoms with Gasteiger partial charge in [0.25, 0.3) is 0 Å². The molecule has 1 heterocycles. The Labute approximate surface area is 144 Å². The minimum absolute atomic E-state index is 0.0921. The molecule has 1 atom stereocenters. The van der Waals surface area contributed by atoms with Crippen molar-refractivity contribution in [1.29, 1.82) is 0 Å². The van der Waals surface area contributed by atoms with Gasteiger partial charge in [0.2, 0.25) is 5.91 Å². The molecule has 1 aliphatic heterocycles. The fourth-order valence-electron chi connectivity index (χ4n) is 3.69. The summed E-state index contributed by atoms with van der Waals surface area (Å²) in [6, 6.07) is 5.98. The molecular formula is C19H28N2O3. The van der Waals surface area contributed by atoms with Crippen LogP contribution in [0.2, 0.25) is 0 Å². The summed E-state index contributed by atoms with van der Waals surface area (Å²) >= 11 is 0. The second-order valence-electron chi connectivity index (χ2n) is 7.02. The van der Waals surface area contributed by atoms with E-state index in [1.165, 1.54) is 12.8 Å². The second-order valence-corrected chi connectivity index (χ2v) is 7.02. The number of benzene rings is 1. The van der Waals surface area contributed by atoms with E-state index in [1.807, 2.05) is 32.3 Å². The van der Waals surface area contributed by atoms with Crippen LogP contribution in [-0.2, 0) is 4.79 Å². The smallest absolute Gasteiger partial charge is 0.227 e. The number of likely N-dealkylation sites (N-methyl/N-ethyl adjacent to an activating group) is 1. The predicted octanol–water partition coefficient (Wildman–Crippen LogP) is 2.41. The number of hydrogen-bond donors (Lipinski definition) is 1. The van der Waals surface area contributed by atoms with Crippen molar-refractivity contribution in [3.63, 3.8) is 0 Å². The first-order valence-corrected chi connectivity index (χ1v) is 8.97. The highest BCUT2D eigenvalue weighted by atomic mass is 16.6. The van der Waals surface area contributed by atoms with E-state index < -0.39 is 0 Å². The minimum Gasteiger partial charge on any atom is -0.486 e. The molecule has 24 heavy (non-hydrogen) atoms. The average molecular weight is 332 g/mol. The Hall–Kier alpha value is -1.75. The Morgan fingerprint density at radius 1 is 1.21 bits per heavy atom. The van der Waals surface area contributed by atoms with Crippen LogP contribution in [0.3, 0.4) is 0 Å². The summed E-state index contributed by atoms with van der Waals surface area (Å²) < 4.78 is 11.3. The quantitative estimate of drug-likeness (QED) is 0.869. The number of nitrogens with zero attached hydrogens (tertiary/aromatic N) is 1. The van der Waals surface area contributed by atoms with Crippen LogP contribution in [0.15, 0.2) is 18.2 Å². The zero-order chi connectivity index (χ0) is 16.9. The van der Waals surface area contributed by atoms with Gasteiger partial charge >= 0.3 is 0 Å². The van der Waals surface area contributed by atoms with Crippen LogP contribution in [0, 0.1) is 5.92 Å². The highest BCUT2D eigenvalue weighted by molar-refractivity contribution is 5.84. The van der Waals surface area contributed by atoms with Gasteiger partial charge < -0.3 is 19.7 Å². The summed E-state index contributed by atoms with van der Waals surface area (Å²) in [7, 11) is 4.03. The van der Waals surface area contributed by atoms with Crippen LogP contribution in [0.1, 0.15) is 37.2 Å². The van der Waals surface area contributed by atoms with Gasteiger partial charge in [-0.2, -0.15) is 0 Å². The molecule has 1 amide bonds. The van der Waals surface area contributed by atoms with Crippen molar-refractivity contribution >= 4 is 5.91 Å². The molecule has 3 rings (SSSR count). The van der Waals surface area contributed by atoms with E-state index in [9.17, 15) is 4.79 Å². The van der Waals surface area contributed by atoms with Crippen LogP contribution in [0.25, 0.3) is 0 Å². The van der Waals surface area contributed by atoms with E-state index in [-0.39, 0.29) is 11.8 Å². The van der Waals surface area contributed by atoms with Gasteiger partial charge in [0, 0.05) is 13.1 Å². The fraction of sp³-hybridized carbons (Fsp3) is 0.632. The molecule has 0 saturated heterocycles. The van der Waals surface area contributed by atoms with Crippen molar-refractivity contribution in [3.05, 3.63) is 23.8 Å². The minimum atomic E-state index is -0.0921. The standard InChI is InChI=1S/C19H28N2O3/c1-21(2)10-9-20-19(22)18(14-5-3-4-6-14)15-7-8-16-17(13-15)24-12-11-23-16/h7-8,13-14,18H,3-6,9-12H2,1-2H3,(H,20,22). The van der Waals surface area contributed by atoms with Crippen molar-refractivity contribution < 1.29 is 14.3 Å². The first kappa shape index (κ1) is 17.1. The number of rotatable bonds is 6. The van der Waals surface area contributed by atoms with Gasteiger partial charge in [-0.1, -0.05) is 18.9 Å². The largest absolute Gasteiger partial charge is 0.486 e. The summed E-state index contributed by atoms with van der Waals surface area (Å²) in [5, 5.41) is 3.12. The molecule has 2 aliphatic rings. The zero-order valence-corrected chi connectivity index (χ0v) is 14.7. The maximum Gasteiger partial charge on any atom is 0.227 e. The number of ether oxygens (including phenoxy) is 2. The maximum absolute atomic E-state index is 12.9. The van der Waals surface area contributed by atoms with Crippen molar-refractivity contribution in [1.82, 2.24) is 10.2 Å². The lowest BCUT2D eigenvalue weighted by Crippen LogP contribution is -2.37. The lowest BCUT2D eigenvalue weighted by Gasteiger charge is -2.25. The average Bonchev–Trinajstić information content (AvgIpc) is 3.08. The van der Waals surface area contributed by atoms with Crippen LogP contribution >= 0.6 is 0 Å². The Bertz CT molecular complexity index is 568. The molecule has 132 valence electrons. The number of nitrogens with one attached hydrogen (secondary N) is 1. The van der Waals surface area contributed by atoms with Gasteiger partial charge in [-0.25, -0.2) is 0 Å². The third kappa shape index (κ3) is 4.01. The van der Waals surface area contributed by atoms with Gasteiger partial charge in [0.05, 0.1) is 5.92 Å². The highest BCUT2D eigenvalue weighted by Crippen LogP contribution is 2.40. The fourth-order valence-corrected chi connectivity index (χ4v) is 3.69. The first-order chi connectivity index (χ1) is 11.6. The molecule has 1 aliphatic carbocycles. The molecule has 0 aromatic heterocycles. The summed E-state index contributed by atoms with van der Waals surface area (Å²) in [5.74, 6) is 2.02. The molecule has 1 aromatic carbocycles. The summed E-state index contributed by atoms with van der Waals surface area (Å²) in [5.41, 5.74) is 1.05. The highest BCUT2D eigenvalue weighted by Gasteiger charge is 2.32. The van der Waals surface area contributed by atoms with Crippen LogP contribution in [0.5, 0.6) is 11.5 Å². The van der Waals surface area contributed by atoms with Gasteiger partial charge in [-0.3, -0.25) is 4.79 Å². The Balaban J connectivity index is 1.77. The normalized spacial score (nSPS) is 18.6. The molecule has 1 unspecified atom stereocenters. The first-order valence-electron chi connectivity index (χ1n) is 8.97. The van der Waals surface area contributed by atoms with E-state index in [1.54, 1.807) is 0 Å². The molecule has 0 spiro atoms. The van der Waals surface area contributed by atoms with Crippen LogP contribution < -0.4 is 14.8 Å². The molecule has 5 heteroatoms. The van der Waals surface area contributed by atoms with E-state index in [0.717, 1.165) is 36.4 Å². The van der Waals surface area contributed by atoms with Crippen molar-refractivity contribution in [2.75, 3.05) is 40.4 Å². The Kier molecular flexibility index (Phi) is 5.61. The van der Waals surface area contributed by atoms with Gasteiger partial charge in [-0.15, -0.1) is 0 Å². The van der Waals surface area contributed by atoms with Crippen LogP contribution in [-0.4, -0.2) is 51.2 Å². The molecule has 0 radical (unpaired) electrons. The lowest BCUT2D eigenvalue weighted by atomic mass is 9.84. The number of hydrogen-bond acceptors (Lipinski definition) is 4. The van der Waals surface area contributed by atoms with E-state index >= 15 is 0 Å². The third-order valence-corrected chi connectivity index (χ3v) is 4.94. The van der Waals surface area contributed by atoms with E-state index in [4.69, 9.17) is 9.47 Å². The third-order valence-electron chi connectivity index (χ3n) is 4.94. The van der Waals surface area contributed by atoms with E-state index in [0.29, 0.717) is 25.7 Å². The monoisotopic (exact) mass is 332 g/mol. The number of fused-ring (bicyclic) bond motifs is 1. The number of amides is 1. The topological polar surface area (TPSA) is 50.8 Å². The van der Waals surface area contributed by atoms with Crippen LogP contribution in [0.4, 0.5) is 0 Å². The molecule has 1 saturated carbocycles. The van der Waals surface area contributed by atoms with Crippen molar-refractivity contribution in [2.24, 2.45) is 5.92 Å². The molecular weight excluding hydrogens is 304 g/mol. The van der Waals surface area contributed by atoms with Crippen molar-refractivity contribution in [3.8, 4) is 11.5 Å². The molecule has 1 N–H and O–H groups in total. The summed E-state index contributed by atoms with van der Waals surface area (Å²) in [4.78, 5) is 15.0. The summed E-state index contributed by atoms with van der Waals surface area (Å²) in [6.07, 6.45) is 4.69. The Morgan fingerprint density at radius 3 is 2.62 bits per heavy atom. The van der Waals surface area contributed by atoms with Gasteiger partial charge in [0.1, 0.15) is 13.2 Å². The van der Waals surface area contributed by atoms with E-state index in [2.05, 4.69) is 10.2 Å². The molecule has 1 fully saturated rings. The number of carbonyl (C=O) groups excluding carboxylic acids is 1. The zero-order valence-electron chi connectivity index (χ0n) is 14.7. The second kappa shape index (κ2) is 7.88. The molecule has 0 bridgehead atoms. The van der Waals surface area contributed by atoms with Gasteiger partial charge in [0.15, 0.2) is 11.5 Å². The summed E-state index contributed by atoms with van der Waals surface area (Å²) in [6.45, 7) is 2.69. The molecule has 5 nitrogen and oxygen atoms in total. The predicted molar refractivity (Wildman–Crippen MR) is 93.7 cm³/mol. The van der Waals surface area contributed by atoms with Gasteiger partial charge in [-0.05, 0) is 50.6 Å². The number of carbonyl (C=O) groups is 1. The lowest BCUT2D eigenvalue weighted by molar-refractivity contribution is -0.123.